The Morgan fingerprint density at radius 3 is 2.04 bits per heavy atom. The summed E-state index contributed by atoms with van der Waals surface area (Å²) in [7, 11) is -3.92. The molecular weight excluding hydrogens is 351 g/mol. The van der Waals surface area contributed by atoms with E-state index >= 15 is 0 Å². The summed E-state index contributed by atoms with van der Waals surface area (Å²) in [6, 6.07) is 14.4. The first kappa shape index (κ1) is 16.4. The van der Waals surface area contributed by atoms with Gasteiger partial charge in [0.15, 0.2) is 15.3 Å². The zero-order valence-corrected chi connectivity index (χ0v) is 13.7. The van der Waals surface area contributed by atoms with Gasteiger partial charge in [0, 0.05) is 10.9 Å². The van der Waals surface area contributed by atoms with Gasteiger partial charge in [-0.05, 0) is 42.0 Å². The zero-order valence-electron chi connectivity index (χ0n) is 12.1. The maximum Gasteiger partial charge on any atom is 0.184 e. The van der Waals surface area contributed by atoms with Crippen LogP contribution in [0.5, 0.6) is 0 Å². The summed E-state index contributed by atoms with van der Waals surface area (Å²) in [6.07, 6.45) is 0. The van der Waals surface area contributed by atoms with Crippen molar-refractivity contribution < 1.29 is 12.8 Å². The molecule has 0 amide bonds. The van der Waals surface area contributed by atoms with Crippen LogP contribution in [0.1, 0.15) is 11.5 Å². The van der Waals surface area contributed by atoms with E-state index in [0.717, 1.165) is 0 Å². The Labute approximate surface area is 143 Å². The zero-order chi connectivity index (χ0) is 17.5. The average molecular weight is 361 g/mol. The third kappa shape index (κ3) is 2.36. The lowest BCUT2D eigenvalue weighted by molar-refractivity contribution is 0.591. The fourth-order valence-electron chi connectivity index (χ4n) is 2.95. The van der Waals surface area contributed by atoms with Gasteiger partial charge in [-0.25, -0.2) is 12.8 Å². The first-order valence-corrected chi connectivity index (χ1v) is 8.86. The topological polar surface area (TPSA) is 81.7 Å². The Bertz CT molecular complexity index is 959. The molecule has 2 atom stereocenters. The van der Waals surface area contributed by atoms with Crippen molar-refractivity contribution >= 4 is 21.4 Å². The maximum atomic E-state index is 13.1. The lowest BCUT2D eigenvalue weighted by Crippen LogP contribution is -2.14. The highest BCUT2D eigenvalue weighted by molar-refractivity contribution is 7.92. The molecule has 1 saturated carbocycles. The van der Waals surface area contributed by atoms with Gasteiger partial charge in [0.1, 0.15) is 11.1 Å². The van der Waals surface area contributed by atoms with Gasteiger partial charge in [-0.2, -0.15) is 10.5 Å². The standard InChI is InChI=1S/C17H10ClFN2O2S/c18-12-3-7-14(8-4-12)24(22,23)16-15(17(16,9-20)10-21)11-1-5-13(19)6-2-11/h1-8,15-16H/t15-,16+/m1/s1. The lowest BCUT2D eigenvalue weighted by Gasteiger charge is -2.04. The Hall–Kier alpha value is -2.41. The van der Waals surface area contributed by atoms with Gasteiger partial charge in [-0.1, -0.05) is 23.7 Å². The molecule has 7 heteroatoms. The number of hydrogen-bond acceptors (Lipinski definition) is 4. The number of nitriles is 2. The van der Waals surface area contributed by atoms with Gasteiger partial charge < -0.3 is 0 Å². The molecule has 120 valence electrons. The van der Waals surface area contributed by atoms with E-state index in [1.54, 1.807) is 0 Å². The monoisotopic (exact) mass is 360 g/mol. The molecule has 1 aliphatic carbocycles. The number of hydrogen-bond donors (Lipinski definition) is 0. The number of benzene rings is 2. The molecule has 1 fully saturated rings. The summed E-state index contributed by atoms with van der Waals surface area (Å²) < 4.78 is 38.8. The van der Waals surface area contributed by atoms with E-state index in [-0.39, 0.29) is 4.90 Å². The molecule has 1 aliphatic rings. The van der Waals surface area contributed by atoms with E-state index in [1.807, 2.05) is 12.1 Å². The van der Waals surface area contributed by atoms with Crippen LogP contribution >= 0.6 is 11.6 Å². The van der Waals surface area contributed by atoms with Crippen molar-refractivity contribution in [3.8, 4) is 12.1 Å². The third-order valence-electron chi connectivity index (χ3n) is 4.21. The predicted octanol–water partition coefficient (Wildman–Crippen LogP) is 3.45. The van der Waals surface area contributed by atoms with Crippen molar-refractivity contribution in [2.45, 2.75) is 16.1 Å². The lowest BCUT2D eigenvalue weighted by atomic mass is 10.0. The van der Waals surface area contributed by atoms with Crippen LogP contribution in [0.3, 0.4) is 0 Å². The summed E-state index contributed by atoms with van der Waals surface area (Å²) in [5, 5.41) is 18.0. The number of sulfone groups is 1. The van der Waals surface area contributed by atoms with Crippen LogP contribution in [-0.2, 0) is 9.84 Å². The Balaban J connectivity index is 2.09. The summed E-state index contributed by atoms with van der Waals surface area (Å²) in [5.74, 6) is -1.30. The Kier molecular flexibility index (Phi) is 3.83. The van der Waals surface area contributed by atoms with Crippen molar-refractivity contribution in [1.29, 1.82) is 10.5 Å². The molecule has 0 spiro atoms. The van der Waals surface area contributed by atoms with Gasteiger partial charge in [-0.15, -0.1) is 0 Å². The summed E-state index contributed by atoms with van der Waals surface area (Å²) in [6.45, 7) is 0. The molecule has 24 heavy (non-hydrogen) atoms. The van der Waals surface area contributed by atoms with Crippen LogP contribution in [-0.4, -0.2) is 13.7 Å². The Morgan fingerprint density at radius 1 is 1.00 bits per heavy atom. The normalized spacial score (nSPS) is 21.5. The van der Waals surface area contributed by atoms with Crippen molar-refractivity contribution in [3.63, 3.8) is 0 Å². The van der Waals surface area contributed by atoms with Crippen LogP contribution in [0.2, 0.25) is 5.02 Å². The van der Waals surface area contributed by atoms with Gasteiger partial charge in [0.05, 0.1) is 17.0 Å². The maximum absolute atomic E-state index is 13.1. The van der Waals surface area contributed by atoms with E-state index in [1.165, 1.54) is 48.5 Å². The van der Waals surface area contributed by atoms with Crippen LogP contribution in [0.25, 0.3) is 0 Å². The molecule has 0 unspecified atom stereocenters. The summed E-state index contributed by atoms with van der Waals surface area (Å²) in [4.78, 5) is -0.00335. The first-order valence-electron chi connectivity index (χ1n) is 6.94. The van der Waals surface area contributed by atoms with E-state index in [2.05, 4.69) is 0 Å². The molecule has 2 aromatic carbocycles. The van der Waals surface area contributed by atoms with Gasteiger partial charge >= 0.3 is 0 Å². The molecule has 0 N–H and O–H groups in total. The molecular formula is C17H10ClFN2O2S. The molecule has 0 bridgehead atoms. The third-order valence-corrected chi connectivity index (χ3v) is 6.70. The van der Waals surface area contributed by atoms with E-state index < -0.39 is 32.2 Å². The number of halogens is 2. The van der Waals surface area contributed by atoms with Crippen LogP contribution < -0.4 is 0 Å². The van der Waals surface area contributed by atoms with Crippen molar-refractivity contribution in [1.82, 2.24) is 0 Å². The van der Waals surface area contributed by atoms with E-state index in [0.29, 0.717) is 10.6 Å². The minimum Gasteiger partial charge on any atom is -0.223 e. The Morgan fingerprint density at radius 2 is 1.54 bits per heavy atom. The molecule has 0 aliphatic heterocycles. The van der Waals surface area contributed by atoms with Crippen molar-refractivity contribution in [2.24, 2.45) is 5.41 Å². The fourth-order valence-corrected chi connectivity index (χ4v) is 5.28. The minimum atomic E-state index is -3.92. The smallest absolute Gasteiger partial charge is 0.184 e. The second-order valence-electron chi connectivity index (χ2n) is 5.54. The number of rotatable bonds is 3. The van der Waals surface area contributed by atoms with E-state index in [4.69, 9.17) is 11.6 Å². The van der Waals surface area contributed by atoms with Gasteiger partial charge in [0.2, 0.25) is 0 Å². The second-order valence-corrected chi connectivity index (χ2v) is 8.05. The summed E-state index contributed by atoms with van der Waals surface area (Å²) in [5.41, 5.74) is -1.24. The molecule has 4 nitrogen and oxygen atoms in total. The van der Waals surface area contributed by atoms with Crippen molar-refractivity contribution in [3.05, 3.63) is 64.9 Å². The molecule has 0 radical (unpaired) electrons. The van der Waals surface area contributed by atoms with Crippen molar-refractivity contribution in [2.75, 3.05) is 0 Å². The fraction of sp³-hybridized carbons (Fsp3) is 0.176. The second kappa shape index (κ2) is 5.59. The highest BCUT2D eigenvalue weighted by Gasteiger charge is 2.73. The van der Waals surface area contributed by atoms with Gasteiger partial charge in [-0.3, -0.25) is 0 Å². The van der Waals surface area contributed by atoms with Crippen LogP contribution in [0.15, 0.2) is 53.4 Å². The number of nitrogens with zero attached hydrogens (tertiary/aromatic N) is 2. The quantitative estimate of drug-likeness (QED) is 0.839. The van der Waals surface area contributed by atoms with Crippen LogP contribution in [0, 0.1) is 33.9 Å². The molecule has 0 aromatic heterocycles. The SMILES string of the molecule is N#CC1(C#N)[C@H](c2ccc(F)cc2)[C@@H]1S(=O)(=O)c1ccc(Cl)cc1. The summed E-state index contributed by atoms with van der Waals surface area (Å²) >= 11 is 5.77. The molecule has 3 rings (SSSR count). The van der Waals surface area contributed by atoms with E-state index in [9.17, 15) is 23.3 Å². The molecule has 0 heterocycles. The van der Waals surface area contributed by atoms with Gasteiger partial charge in [0.25, 0.3) is 0 Å². The van der Waals surface area contributed by atoms with Crippen LogP contribution in [0.4, 0.5) is 4.39 Å². The highest BCUT2D eigenvalue weighted by Crippen LogP contribution is 2.63. The largest absolute Gasteiger partial charge is 0.223 e. The molecule has 0 saturated heterocycles. The predicted molar refractivity (Wildman–Crippen MR) is 85.2 cm³/mol. The highest BCUT2D eigenvalue weighted by atomic mass is 35.5. The minimum absolute atomic E-state index is 0.00335. The molecule has 2 aromatic rings. The first-order chi connectivity index (χ1) is 11.4. The average Bonchev–Trinajstić information content (AvgIpc) is 3.26.